The van der Waals surface area contributed by atoms with Gasteiger partial charge >= 0.3 is 0 Å². The highest BCUT2D eigenvalue weighted by atomic mass is 16.5. The normalized spacial score (nSPS) is 26.6. The van der Waals surface area contributed by atoms with E-state index in [2.05, 4.69) is 31.2 Å². The highest BCUT2D eigenvalue weighted by Gasteiger charge is 2.26. The van der Waals surface area contributed by atoms with Crippen molar-refractivity contribution in [3.8, 4) is 0 Å². The van der Waals surface area contributed by atoms with Crippen molar-refractivity contribution in [1.29, 1.82) is 0 Å². The maximum absolute atomic E-state index is 10.6. The summed E-state index contributed by atoms with van der Waals surface area (Å²) in [4.78, 5) is 0. The van der Waals surface area contributed by atoms with Crippen molar-refractivity contribution in [1.82, 2.24) is 0 Å². The summed E-state index contributed by atoms with van der Waals surface area (Å²) in [6.45, 7) is 4.85. The van der Waals surface area contributed by atoms with Gasteiger partial charge in [-0.3, -0.25) is 0 Å². The molecule has 0 saturated heterocycles. The molecule has 1 aliphatic carbocycles. The first-order valence-corrected chi connectivity index (χ1v) is 7.40. The Morgan fingerprint density at radius 1 is 1.20 bits per heavy atom. The first kappa shape index (κ1) is 15.0. The van der Waals surface area contributed by atoms with Crippen LogP contribution in [0.25, 0.3) is 0 Å². The fraction of sp³-hybridized carbons (Fsp3) is 0.444. The van der Waals surface area contributed by atoms with E-state index in [0.29, 0.717) is 6.42 Å². The third-order valence-corrected chi connectivity index (χ3v) is 3.59. The van der Waals surface area contributed by atoms with Crippen LogP contribution in [0.1, 0.15) is 38.2 Å². The van der Waals surface area contributed by atoms with Crippen molar-refractivity contribution >= 4 is 0 Å². The lowest BCUT2D eigenvalue weighted by Gasteiger charge is -2.28. The van der Waals surface area contributed by atoms with Crippen molar-refractivity contribution in [3.05, 3.63) is 60.2 Å². The summed E-state index contributed by atoms with van der Waals surface area (Å²) >= 11 is 0. The van der Waals surface area contributed by atoms with Gasteiger partial charge in [0, 0.05) is 18.9 Å². The quantitative estimate of drug-likeness (QED) is 0.797. The van der Waals surface area contributed by atoms with Gasteiger partial charge in [-0.15, -0.1) is 0 Å². The Kier molecular flexibility index (Phi) is 5.16. The maximum atomic E-state index is 10.6. The molecule has 0 aliphatic heterocycles. The molecular weight excluding hydrogens is 248 g/mol. The van der Waals surface area contributed by atoms with Gasteiger partial charge < -0.3 is 9.84 Å². The van der Waals surface area contributed by atoms with Crippen LogP contribution in [0.2, 0.25) is 0 Å². The Balaban J connectivity index is 1.96. The van der Waals surface area contributed by atoms with Crippen LogP contribution in [0.3, 0.4) is 0 Å². The monoisotopic (exact) mass is 272 g/mol. The smallest absolute Gasteiger partial charge is 0.103 e. The number of rotatable bonds is 6. The van der Waals surface area contributed by atoms with Crippen molar-refractivity contribution in [3.63, 3.8) is 0 Å². The molecule has 2 rings (SSSR count). The predicted molar refractivity (Wildman–Crippen MR) is 82.7 cm³/mol. The molecule has 0 spiro atoms. The predicted octanol–water partition coefficient (Wildman–Crippen LogP) is 3.83. The number of hydrogen-bond donors (Lipinski definition) is 1. The number of hydrogen-bond acceptors (Lipinski definition) is 2. The zero-order valence-corrected chi connectivity index (χ0v) is 12.3. The van der Waals surface area contributed by atoms with Gasteiger partial charge in [0.2, 0.25) is 0 Å². The van der Waals surface area contributed by atoms with Crippen LogP contribution in [0, 0.1) is 0 Å². The van der Waals surface area contributed by atoms with E-state index in [9.17, 15) is 5.11 Å². The van der Waals surface area contributed by atoms with Gasteiger partial charge in [0.05, 0.1) is 6.10 Å². The van der Waals surface area contributed by atoms with Gasteiger partial charge in [-0.25, -0.2) is 0 Å². The molecule has 108 valence electrons. The van der Waals surface area contributed by atoms with E-state index >= 15 is 0 Å². The minimum absolute atomic E-state index is 0.0579. The van der Waals surface area contributed by atoms with Gasteiger partial charge in [-0.1, -0.05) is 61.6 Å². The van der Waals surface area contributed by atoms with Crippen LogP contribution >= 0.6 is 0 Å². The molecule has 20 heavy (non-hydrogen) atoms. The first-order chi connectivity index (χ1) is 9.63. The molecule has 0 fully saturated rings. The molecule has 1 N–H and O–H groups in total. The third kappa shape index (κ3) is 4.06. The molecular formula is C18H24O2. The SMILES string of the molecule is CCCOC(C)CC1(O)C=CC(c2ccccc2)C=C1. The molecule has 1 aromatic rings. The number of aliphatic hydroxyl groups is 1. The molecule has 1 aromatic carbocycles. The second kappa shape index (κ2) is 6.87. The molecule has 0 bridgehead atoms. The fourth-order valence-corrected chi connectivity index (χ4v) is 2.53. The van der Waals surface area contributed by atoms with Crippen LogP contribution < -0.4 is 0 Å². The van der Waals surface area contributed by atoms with E-state index < -0.39 is 5.60 Å². The second-order valence-corrected chi connectivity index (χ2v) is 5.53. The minimum Gasteiger partial charge on any atom is -0.382 e. The van der Waals surface area contributed by atoms with Gasteiger partial charge in [-0.05, 0) is 18.9 Å². The van der Waals surface area contributed by atoms with Crippen LogP contribution in [0.5, 0.6) is 0 Å². The van der Waals surface area contributed by atoms with Gasteiger partial charge in [-0.2, -0.15) is 0 Å². The lowest BCUT2D eigenvalue weighted by atomic mass is 9.85. The second-order valence-electron chi connectivity index (χ2n) is 5.53. The highest BCUT2D eigenvalue weighted by Crippen LogP contribution is 2.29. The number of allylic oxidation sites excluding steroid dienone is 2. The highest BCUT2D eigenvalue weighted by molar-refractivity contribution is 5.34. The Morgan fingerprint density at radius 2 is 1.85 bits per heavy atom. The molecule has 0 amide bonds. The Labute approximate surface area is 121 Å². The standard InChI is InChI=1S/C18H24O2/c1-3-13-20-15(2)14-18(19)11-9-17(10-12-18)16-7-5-4-6-8-16/h4-12,15,17,19H,3,13-14H2,1-2H3. The zero-order chi connectivity index (χ0) is 14.4. The fourth-order valence-electron chi connectivity index (χ4n) is 2.53. The van der Waals surface area contributed by atoms with Crippen LogP contribution in [-0.4, -0.2) is 23.4 Å². The molecule has 2 nitrogen and oxygen atoms in total. The van der Waals surface area contributed by atoms with Crippen molar-refractivity contribution in [2.75, 3.05) is 6.61 Å². The van der Waals surface area contributed by atoms with Crippen molar-refractivity contribution in [2.24, 2.45) is 0 Å². The Bertz CT molecular complexity index is 448. The summed E-state index contributed by atoms with van der Waals surface area (Å²) in [7, 11) is 0. The summed E-state index contributed by atoms with van der Waals surface area (Å²) in [5.74, 6) is 0.253. The van der Waals surface area contributed by atoms with E-state index in [1.54, 1.807) is 0 Å². The Hall–Kier alpha value is -1.38. The van der Waals surface area contributed by atoms with E-state index in [-0.39, 0.29) is 12.0 Å². The molecule has 0 aromatic heterocycles. The van der Waals surface area contributed by atoms with Crippen LogP contribution in [-0.2, 0) is 4.74 Å². The van der Waals surface area contributed by atoms with E-state index in [1.165, 1.54) is 5.56 Å². The summed E-state index contributed by atoms with van der Waals surface area (Å²) in [6, 6.07) is 10.3. The average molecular weight is 272 g/mol. The number of benzene rings is 1. The minimum atomic E-state index is -0.877. The number of ether oxygens (including phenoxy) is 1. The maximum Gasteiger partial charge on any atom is 0.103 e. The van der Waals surface area contributed by atoms with Gasteiger partial charge in [0.25, 0.3) is 0 Å². The van der Waals surface area contributed by atoms with E-state index in [0.717, 1.165) is 13.0 Å². The van der Waals surface area contributed by atoms with Gasteiger partial charge in [0.15, 0.2) is 0 Å². The molecule has 1 atom stereocenters. The van der Waals surface area contributed by atoms with Gasteiger partial charge in [0.1, 0.15) is 5.60 Å². The topological polar surface area (TPSA) is 29.5 Å². The molecule has 1 unspecified atom stereocenters. The van der Waals surface area contributed by atoms with Crippen LogP contribution in [0.4, 0.5) is 0 Å². The first-order valence-electron chi connectivity index (χ1n) is 7.40. The molecule has 1 aliphatic rings. The molecule has 0 saturated carbocycles. The average Bonchev–Trinajstić information content (AvgIpc) is 2.46. The third-order valence-electron chi connectivity index (χ3n) is 3.59. The largest absolute Gasteiger partial charge is 0.382 e. The lowest BCUT2D eigenvalue weighted by Crippen LogP contribution is -2.31. The summed E-state index contributed by atoms with van der Waals surface area (Å²) in [5.41, 5.74) is 0.371. The molecule has 0 radical (unpaired) electrons. The van der Waals surface area contributed by atoms with E-state index in [4.69, 9.17) is 4.74 Å². The molecule has 2 heteroatoms. The summed E-state index contributed by atoms with van der Waals surface area (Å²) in [6.07, 6.45) is 9.60. The van der Waals surface area contributed by atoms with E-state index in [1.807, 2.05) is 37.3 Å². The van der Waals surface area contributed by atoms with Crippen molar-refractivity contribution < 1.29 is 9.84 Å². The molecule has 0 heterocycles. The summed E-state index contributed by atoms with van der Waals surface area (Å²) < 4.78 is 5.64. The zero-order valence-electron chi connectivity index (χ0n) is 12.3. The summed E-state index contributed by atoms with van der Waals surface area (Å²) in [5, 5.41) is 10.6. The lowest BCUT2D eigenvalue weighted by molar-refractivity contribution is 0.0128. The Morgan fingerprint density at radius 3 is 2.45 bits per heavy atom. The van der Waals surface area contributed by atoms with Crippen molar-refractivity contribution in [2.45, 2.75) is 44.3 Å². The van der Waals surface area contributed by atoms with Crippen LogP contribution in [0.15, 0.2) is 54.6 Å².